The van der Waals surface area contributed by atoms with E-state index in [2.05, 4.69) is 72.3 Å². The van der Waals surface area contributed by atoms with Crippen molar-refractivity contribution in [2.45, 2.75) is 39.2 Å². The molecule has 0 saturated carbocycles. The van der Waals surface area contributed by atoms with Gasteiger partial charge in [0, 0.05) is 36.1 Å². The normalized spacial score (nSPS) is 17.2. The summed E-state index contributed by atoms with van der Waals surface area (Å²) in [5.74, 6) is 0.778. The largest absolute Gasteiger partial charge is 0.347 e. The van der Waals surface area contributed by atoms with Gasteiger partial charge in [0.2, 0.25) is 0 Å². The molecular weight excluding hydrogens is 310 g/mol. The van der Waals surface area contributed by atoms with Crippen LogP contribution in [-0.2, 0) is 12.0 Å². The van der Waals surface area contributed by atoms with Crippen LogP contribution in [0.15, 0.2) is 47.1 Å². The fraction of sp³-hybridized carbons (Fsp3) is 0.350. The van der Waals surface area contributed by atoms with E-state index >= 15 is 0 Å². The summed E-state index contributed by atoms with van der Waals surface area (Å²) in [5.41, 5.74) is 4.61. The minimum atomic E-state index is -0.0612. The van der Waals surface area contributed by atoms with Crippen LogP contribution in [-0.4, -0.2) is 23.0 Å². The predicted molar refractivity (Wildman–Crippen MR) is 101 cm³/mol. The molecule has 0 fully saturated rings. The third-order valence-corrected chi connectivity index (χ3v) is 4.70. The maximum atomic E-state index is 8.77. The van der Waals surface area contributed by atoms with Crippen molar-refractivity contribution in [3.63, 3.8) is 0 Å². The number of likely N-dealkylation sites (N-methyl/N-ethyl adjacent to an activating group) is 1. The van der Waals surface area contributed by atoms with E-state index in [0.717, 1.165) is 11.5 Å². The Morgan fingerprint density at radius 2 is 2.08 bits per heavy atom. The molecule has 0 spiro atoms. The van der Waals surface area contributed by atoms with Crippen LogP contribution >= 0.6 is 0 Å². The smallest absolute Gasteiger partial charge is 0.150 e. The lowest BCUT2D eigenvalue weighted by atomic mass is 9.84. The Bertz CT molecular complexity index is 880. The van der Waals surface area contributed by atoms with Crippen LogP contribution < -0.4 is 4.90 Å². The number of aryl methyl sites for hydroxylation is 2. The predicted octanol–water partition coefficient (Wildman–Crippen LogP) is 4.12. The number of rotatable bonds is 4. The highest BCUT2D eigenvalue weighted by molar-refractivity contribution is 5.80. The molecule has 0 aliphatic carbocycles. The van der Waals surface area contributed by atoms with Crippen LogP contribution in [0.2, 0.25) is 0 Å². The summed E-state index contributed by atoms with van der Waals surface area (Å²) in [6.45, 7) is 6.96. The summed E-state index contributed by atoms with van der Waals surface area (Å²) in [5, 5.41) is 13.2. The van der Waals surface area contributed by atoms with E-state index in [-0.39, 0.29) is 5.41 Å². The lowest BCUT2D eigenvalue weighted by molar-refractivity contribution is 0.626. The number of anilines is 1. The minimum absolute atomic E-state index is 0.0612. The zero-order valence-corrected chi connectivity index (χ0v) is 15.2. The molecule has 1 aromatic heterocycles. The van der Waals surface area contributed by atoms with Gasteiger partial charge >= 0.3 is 0 Å². The number of hydrogen-bond donors (Lipinski definition) is 0. The molecule has 1 aliphatic rings. The lowest BCUT2D eigenvalue weighted by Crippen LogP contribution is -2.23. The molecule has 3 rings (SSSR count). The Labute approximate surface area is 148 Å². The topological polar surface area (TPSA) is 57.2 Å². The van der Waals surface area contributed by atoms with E-state index in [1.165, 1.54) is 16.9 Å². The molecule has 1 aliphatic heterocycles. The summed E-state index contributed by atoms with van der Waals surface area (Å²) >= 11 is 0. The van der Waals surface area contributed by atoms with Gasteiger partial charge in [0.15, 0.2) is 5.82 Å². The molecule has 0 radical (unpaired) electrons. The Hall–Kier alpha value is -2.87. The highest BCUT2D eigenvalue weighted by atomic mass is 15.3. The summed E-state index contributed by atoms with van der Waals surface area (Å²) in [7, 11) is 2.09. The number of para-hydroxylation sites is 1. The molecule has 5 nitrogen and oxygen atoms in total. The Morgan fingerprint density at radius 1 is 1.32 bits per heavy atom. The fourth-order valence-electron chi connectivity index (χ4n) is 3.44. The van der Waals surface area contributed by atoms with Crippen molar-refractivity contribution in [1.29, 1.82) is 5.26 Å². The molecule has 1 aromatic carbocycles. The Morgan fingerprint density at radius 3 is 2.80 bits per heavy atom. The number of nitrogens with zero attached hydrogens (tertiary/aromatic N) is 5. The van der Waals surface area contributed by atoms with Gasteiger partial charge in [0.25, 0.3) is 0 Å². The number of aliphatic imine (C=N–C) groups is 1. The fourth-order valence-corrected chi connectivity index (χ4v) is 3.44. The van der Waals surface area contributed by atoms with Crippen LogP contribution in [0.5, 0.6) is 0 Å². The first-order chi connectivity index (χ1) is 11.9. The van der Waals surface area contributed by atoms with Crippen molar-refractivity contribution >= 4 is 17.7 Å². The number of aromatic nitrogens is 2. The second-order valence-electron chi connectivity index (χ2n) is 6.81. The minimum Gasteiger partial charge on any atom is -0.347 e. The van der Waals surface area contributed by atoms with Crippen LogP contribution in [0, 0.1) is 18.3 Å². The summed E-state index contributed by atoms with van der Waals surface area (Å²) in [4.78, 5) is 6.79. The van der Waals surface area contributed by atoms with E-state index < -0.39 is 0 Å². The molecule has 0 N–H and O–H groups in total. The van der Waals surface area contributed by atoms with Gasteiger partial charge in [-0.2, -0.15) is 10.4 Å². The van der Waals surface area contributed by atoms with E-state index in [4.69, 9.17) is 5.26 Å². The van der Waals surface area contributed by atoms with E-state index in [0.29, 0.717) is 13.0 Å². The third kappa shape index (κ3) is 3.08. The monoisotopic (exact) mass is 333 g/mol. The second-order valence-corrected chi connectivity index (χ2v) is 6.81. The van der Waals surface area contributed by atoms with Crippen LogP contribution in [0.25, 0.3) is 0 Å². The van der Waals surface area contributed by atoms with Gasteiger partial charge in [-0.3, -0.25) is 0 Å². The molecule has 25 heavy (non-hydrogen) atoms. The molecule has 128 valence electrons. The molecule has 5 heteroatoms. The zero-order chi connectivity index (χ0) is 18.0. The van der Waals surface area contributed by atoms with Gasteiger partial charge in [0.1, 0.15) is 0 Å². The summed E-state index contributed by atoms with van der Waals surface area (Å²) in [6, 6.07) is 12.6. The summed E-state index contributed by atoms with van der Waals surface area (Å²) < 4.78 is 1.78. The van der Waals surface area contributed by atoms with E-state index in [9.17, 15) is 0 Å². The van der Waals surface area contributed by atoms with E-state index in [1.54, 1.807) is 4.68 Å². The van der Waals surface area contributed by atoms with Crippen molar-refractivity contribution in [3.8, 4) is 6.07 Å². The first-order valence-corrected chi connectivity index (χ1v) is 8.44. The third-order valence-electron chi connectivity index (χ3n) is 4.70. The van der Waals surface area contributed by atoms with Crippen LogP contribution in [0.1, 0.15) is 31.5 Å². The van der Waals surface area contributed by atoms with Gasteiger partial charge in [0.05, 0.1) is 24.7 Å². The molecule has 0 amide bonds. The molecule has 0 unspecified atom stereocenters. The van der Waals surface area contributed by atoms with Gasteiger partial charge < -0.3 is 4.90 Å². The van der Waals surface area contributed by atoms with Gasteiger partial charge in [-0.1, -0.05) is 32.0 Å². The van der Waals surface area contributed by atoms with E-state index in [1.807, 2.05) is 19.2 Å². The first-order valence-electron chi connectivity index (χ1n) is 8.44. The highest BCUT2D eigenvalue weighted by Gasteiger charge is 2.37. The van der Waals surface area contributed by atoms with Crippen molar-refractivity contribution < 1.29 is 0 Å². The van der Waals surface area contributed by atoms with Crippen LogP contribution in [0.3, 0.4) is 0 Å². The second kappa shape index (κ2) is 6.56. The standard InChI is InChI=1S/C20H23N5/c1-15-14-19(25(23-15)13-7-11-21)22-12-10-18-20(2,3)16-8-5-6-9-17(16)24(18)4/h5-6,8-10,12,14H,7,13H2,1-4H3. The average Bonchev–Trinajstić information content (AvgIpc) is 3.03. The van der Waals surface area contributed by atoms with Crippen molar-refractivity contribution in [3.05, 3.63) is 53.4 Å². The maximum Gasteiger partial charge on any atom is 0.150 e. The van der Waals surface area contributed by atoms with Crippen LogP contribution in [0.4, 0.5) is 11.5 Å². The average molecular weight is 333 g/mol. The van der Waals surface area contributed by atoms with Gasteiger partial charge in [-0.15, -0.1) is 0 Å². The maximum absolute atomic E-state index is 8.77. The first kappa shape index (κ1) is 17.0. The number of fused-ring (bicyclic) bond motifs is 1. The summed E-state index contributed by atoms with van der Waals surface area (Å²) in [6.07, 6.45) is 4.32. The molecule has 0 atom stereocenters. The van der Waals surface area contributed by atoms with Crippen molar-refractivity contribution in [2.75, 3.05) is 11.9 Å². The molecule has 0 saturated heterocycles. The Balaban J connectivity index is 1.88. The number of benzene rings is 1. The van der Waals surface area contributed by atoms with Crippen molar-refractivity contribution in [2.24, 2.45) is 4.99 Å². The number of nitriles is 1. The zero-order valence-electron chi connectivity index (χ0n) is 15.2. The molecular formula is C20H23N5. The molecule has 2 heterocycles. The van der Waals surface area contributed by atoms with Gasteiger partial charge in [-0.05, 0) is 24.6 Å². The van der Waals surface area contributed by atoms with Crippen molar-refractivity contribution in [1.82, 2.24) is 9.78 Å². The number of hydrogen-bond acceptors (Lipinski definition) is 4. The van der Waals surface area contributed by atoms with Gasteiger partial charge in [-0.25, -0.2) is 9.67 Å². The molecule has 2 aromatic rings. The number of allylic oxidation sites excluding steroid dienone is 2. The molecule has 0 bridgehead atoms. The lowest BCUT2D eigenvalue weighted by Gasteiger charge is -2.23. The highest BCUT2D eigenvalue weighted by Crippen LogP contribution is 2.46. The SMILES string of the molecule is Cc1cc(N=CC=C2N(C)c3ccccc3C2(C)C)n(CCC#N)n1. The Kier molecular flexibility index (Phi) is 4.45. The quantitative estimate of drug-likeness (QED) is 0.791.